The molecule has 2 heterocycles. The van der Waals surface area contributed by atoms with Crippen LogP contribution in [0.4, 0.5) is 14.9 Å². The highest BCUT2D eigenvalue weighted by Gasteiger charge is 2.21. The van der Waals surface area contributed by atoms with Crippen molar-refractivity contribution in [1.82, 2.24) is 19.9 Å². The number of imidazole rings is 1. The molecule has 0 saturated carbocycles. The highest BCUT2D eigenvalue weighted by atomic mass is 19.1. The van der Waals surface area contributed by atoms with Crippen molar-refractivity contribution in [3.63, 3.8) is 0 Å². The topological polar surface area (TPSA) is 81.1 Å². The number of rotatable bonds is 5. The molecule has 0 aliphatic rings. The molecule has 1 aromatic carbocycles. The van der Waals surface area contributed by atoms with E-state index < -0.39 is 12.1 Å². The monoisotopic (exact) mass is 355 g/mol. The maximum atomic E-state index is 13.6. The lowest BCUT2D eigenvalue weighted by atomic mass is 10.1. The average molecular weight is 355 g/mol. The highest BCUT2D eigenvalue weighted by Crippen LogP contribution is 2.21. The number of hydrogen-bond acceptors (Lipinski definition) is 4. The molecule has 2 aromatic heterocycles. The number of carbonyl (C=O) groups excluding carboxylic acids is 1. The summed E-state index contributed by atoms with van der Waals surface area (Å²) in [6.07, 6.45) is 4.86. The minimum atomic E-state index is -0.614. The molecule has 1 atom stereocenters. The van der Waals surface area contributed by atoms with Crippen LogP contribution in [0, 0.1) is 5.82 Å². The number of aryl methyl sites for hydroxylation is 1. The maximum absolute atomic E-state index is 13.6. The second kappa shape index (κ2) is 7.64. The molecule has 0 aliphatic carbocycles. The predicted octanol–water partition coefficient (Wildman–Crippen LogP) is 2.87. The Bertz CT molecular complexity index is 895. The van der Waals surface area contributed by atoms with E-state index in [9.17, 15) is 9.18 Å². The van der Waals surface area contributed by atoms with Crippen molar-refractivity contribution in [2.24, 2.45) is 7.05 Å². The number of urea groups is 1. The fourth-order valence-electron chi connectivity index (χ4n) is 2.51. The van der Waals surface area contributed by atoms with Crippen LogP contribution in [0.3, 0.4) is 0 Å². The van der Waals surface area contributed by atoms with E-state index in [0.29, 0.717) is 23.0 Å². The van der Waals surface area contributed by atoms with Crippen molar-refractivity contribution in [1.29, 1.82) is 0 Å². The van der Waals surface area contributed by atoms with Gasteiger partial charge < -0.3 is 19.9 Å². The van der Waals surface area contributed by atoms with E-state index in [1.807, 2.05) is 7.05 Å². The summed E-state index contributed by atoms with van der Waals surface area (Å²) in [5, 5.41) is 5.51. The fraction of sp³-hybridized carbons (Fsp3) is 0.167. The van der Waals surface area contributed by atoms with Crippen LogP contribution in [0.15, 0.2) is 55.0 Å². The largest absolute Gasteiger partial charge is 0.481 e. The smallest absolute Gasteiger partial charge is 0.320 e. The molecule has 7 nitrogen and oxygen atoms in total. The van der Waals surface area contributed by atoms with Gasteiger partial charge in [-0.25, -0.2) is 19.2 Å². The van der Waals surface area contributed by atoms with E-state index in [-0.39, 0.29) is 5.82 Å². The predicted molar refractivity (Wildman–Crippen MR) is 94.4 cm³/mol. The molecule has 0 saturated heterocycles. The number of hydrogen-bond donors (Lipinski definition) is 2. The number of aromatic nitrogens is 3. The Labute approximate surface area is 149 Å². The Morgan fingerprint density at radius 2 is 2.12 bits per heavy atom. The van der Waals surface area contributed by atoms with Gasteiger partial charge in [0.1, 0.15) is 17.7 Å². The highest BCUT2D eigenvalue weighted by molar-refractivity contribution is 5.89. The number of nitrogens with zero attached hydrogens (tertiary/aromatic N) is 3. The molecule has 0 bridgehead atoms. The number of ether oxygens (including phenoxy) is 1. The van der Waals surface area contributed by atoms with E-state index in [0.717, 1.165) is 0 Å². The molecule has 0 spiro atoms. The average Bonchev–Trinajstić information content (AvgIpc) is 3.06. The molecule has 1 unspecified atom stereocenters. The summed E-state index contributed by atoms with van der Waals surface area (Å²) in [7, 11) is 3.32. The first-order valence-corrected chi connectivity index (χ1v) is 7.87. The van der Waals surface area contributed by atoms with Gasteiger partial charge in [0.05, 0.1) is 19.0 Å². The number of anilines is 1. The SMILES string of the molecule is COc1ccc(NC(=O)NC(c2cccc(F)c2)c2nccn2C)cn1. The van der Waals surface area contributed by atoms with Gasteiger partial charge in [0.15, 0.2) is 0 Å². The molecule has 26 heavy (non-hydrogen) atoms. The molecule has 3 aromatic rings. The van der Waals surface area contributed by atoms with E-state index in [2.05, 4.69) is 20.6 Å². The molecule has 3 rings (SSSR count). The summed E-state index contributed by atoms with van der Waals surface area (Å²) in [5.41, 5.74) is 1.09. The molecule has 2 N–H and O–H groups in total. The summed E-state index contributed by atoms with van der Waals surface area (Å²) in [4.78, 5) is 20.7. The minimum Gasteiger partial charge on any atom is -0.481 e. The van der Waals surface area contributed by atoms with Crippen LogP contribution in [0.25, 0.3) is 0 Å². The van der Waals surface area contributed by atoms with Crippen LogP contribution >= 0.6 is 0 Å². The Hall–Kier alpha value is -3.42. The van der Waals surface area contributed by atoms with Crippen LogP contribution < -0.4 is 15.4 Å². The number of pyridine rings is 1. The molecular formula is C18H18FN5O2. The van der Waals surface area contributed by atoms with Crippen LogP contribution in [0.5, 0.6) is 5.88 Å². The molecule has 0 radical (unpaired) electrons. The molecule has 8 heteroatoms. The van der Waals surface area contributed by atoms with Crippen LogP contribution in [0.2, 0.25) is 0 Å². The second-order valence-electron chi connectivity index (χ2n) is 5.57. The third-order valence-corrected chi connectivity index (χ3v) is 3.78. The lowest BCUT2D eigenvalue weighted by Gasteiger charge is -2.19. The van der Waals surface area contributed by atoms with Crippen LogP contribution in [-0.4, -0.2) is 27.7 Å². The van der Waals surface area contributed by atoms with Gasteiger partial charge in [0.25, 0.3) is 0 Å². The van der Waals surface area contributed by atoms with Crippen molar-refractivity contribution in [3.05, 3.63) is 72.2 Å². The number of amides is 2. The number of carbonyl (C=O) groups is 1. The number of benzene rings is 1. The summed E-state index contributed by atoms with van der Waals surface area (Å²) >= 11 is 0. The van der Waals surface area contributed by atoms with Crippen molar-refractivity contribution < 1.29 is 13.9 Å². The van der Waals surface area contributed by atoms with E-state index in [4.69, 9.17) is 4.74 Å². The van der Waals surface area contributed by atoms with Gasteiger partial charge in [-0.15, -0.1) is 0 Å². The van der Waals surface area contributed by atoms with Gasteiger partial charge >= 0.3 is 6.03 Å². The van der Waals surface area contributed by atoms with E-state index in [1.54, 1.807) is 41.2 Å². The van der Waals surface area contributed by atoms with E-state index in [1.165, 1.54) is 25.4 Å². The molecular weight excluding hydrogens is 337 g/mol. The van der Waals surface area contributed by atoms with Gasteiger partial charge in [-0.1, -0.05) is 12.1 Å². The lowest BCUT2D eigenvalue weighted by Crippen LogP contribution is -2.34. The molecule has 0 aliphatic heterocycles. The molecule has 0 fully saturated rings. The Balaban J connectivity index is 1.81. The summed E-state index contributed by atoms with van der Waals surface area (Å²) < 4.78 is 20.4. The summed E-state index contributed by atoms with van der Waals surface area (Å²) in [5.74, 6) is 0.642. The fourth-order valence-corrected chi connectivity index (χ4v) is 2.51. The standard InChI is InChI=1S/C18H18FN5O2/c1-24-9-8-20-17(24)16(12-4-3-5-13(19)10-12)23-18(25)22-14-6-7-15(26-2)21-11-14/h3-11,16H,1-2H3,(H2,22,23,25). The number of nitrogens with one attached hydrogen (secondary N) is 2. The first kappa shape index (κ1) is 17.4. The van der Waals surface area contributed by atoms with Gasteiger partial charge in [-0.2, -0.15) is 0 Å². The first-order chi connectivity index (χ1) is 12.6. The van der Waals surface area contributed by atoms with Gasteiger partial charge in [0, 0.05) is 25.5 Å². The van der Waals surface area contributed by atoms with Crippen LogP contribution in [0.1, 0.15) is 17.4 Å². The minimum absolute atomic E-state index is 0.386. The zero-order chi connectivity index (χ0) is 18.5. The quantitative estimate of drug-likeness (QED) is 0.737. The number of halogens is 1. The Morgan fingerprint density at radius 3 is 2.73 bits per heavy atom. The van der Waals surface area contributed by atoms with Gasteiger partial charge in [-0.05, 0) is 23.8 Å². The van der Waals surface area contributed by atoms with Gasteiger partial charge in [0.2, 0.25) is 5.88 Å². The Morgan fingerprint density at radius 1 is 1.27 bits per heavy atom. The number of methoxy groups -OCH3 is 1. The normalized spacial score (nSPS) is 11.7. The maximum Gasteiger partial charge on any atom is 0.320 e. The first-order valence-electron chi connectivity index (χ1n) is 7.87. The summed E-state index contributed by atoms with van der Waals surface area (Å²) in [6.45, 7) is 0. The third-order valence-electron chi connectivity index (χ3n) is 3.78. The molecule has 134 valence electrons. The van der Waals surface area contributed by atoms with Crippen molar-refractivity contribution in [2.75, 3.05) is 12.4 Å². The van der Waals surface area contributed by atoms with E-state index >= 15 is 0 Å². The zero-order valence-electron chi connectivity index (χ0n) is 14.3. The second-order valence-corrected chi connectivity index (χ2v) is 5.57. The van der Waals surface area contributed by atoms with Crippen molar-refractivity contribution in [2.45, 2.75) is 6.04 Å². The Kier molecular flexibility index (Phi) is 5.12. The lowest BCUT2D eigenvalue weighted by molar-refractivity contribution is 0.249. The van der Waals surface area contributed by atoms with Gasteiger partial charge in [-0.3, -0.25) is 0 Å². The zero-order valence-corrected chi connectivity index (χ0v) is 14.3. The van der Waals surface area contributed by atoms with Crippen LogP contribution in [-0.2, 0) is 7.05 Å². The third kappa shape index (κ3) is 3.97. The van der Waals surface area contributed by atoms with Crippen molar-refractivity contribution in [3.8, 4) is 5.88 Å². The van der Waals surface area contributed by atoms with Crippen molar-refractivity contribution >= 4 is 11.7 Å². The summed E-state index contributed by atoms with van der Waals surface area (Å²) in [6, 6.07) is 8.27. The molecule has 2 amide bonds.